The molecule has 1 heterocycles. The highest BCUT2D eigenvalue weighted by atomic mass is 79.9. The monoisotopic (exact) mass is 326 g/mol. The Balaban J connectivity index is 2.25. The highest BCUT2D eigenvalue weighted by molar-refractivity contribution is 9.10. The molecule has 104 valence electrons. The topological polar surface area (TPSA) is 66.6 Å². The van der Waals surface area contributed by atoms with Gasteiger partial charge in [-0.1, -0.05) is 22.9 Å². The summed E-state index contributed by atoms with van der Waals surface area (Å²) in [6, 6.07) is 3.58. The summed E-state index contributed by atoms with van der Waals surface area (Å²) in [7, 11) is 0. The Kier molecular flexibility index (Phi) is 4.16. The number of likely N-dealkylation sites (tertiary alicyclic amines) is 1. The highest BCUT2D eigenvalue weighted by Crippen LogP contribution is 2.26. The fourth-order valence-corrected chi connectivity index (χ4v) is 2.80. The zero-order valence-corrected chi connectivity index (χ0v) is 12.8. The van der Waals surface area contributed by atoms with Gasteiger partial charge in [0.2, 0.25) is 0 Å². The SMILES string of the molecule is Cc1c(N)cc(Br)cc1C(=O)N1CCC(C)C(O)C1. The van der Waals surface area contributed by atoms with Crippen LogP contribution in [0.3, 0.4) is 0 Å². The predicted octanol–water partition coefficient (Wildman–Crippen LogP) is 2.18. The molecule has 1 aliphatic rings. The molecule has 1 amide bonds. The van der Waals surface area contributed by atoms with Crippen LogP contribution in [0.2, 0.25) is 0 Å². The molecule has 4 nitrogen and oxygen atoms in total. The van der Waals surface area contributed by atoms with Crippen LogP contribution in [0.25, 0.3) is 0 Å². The lowest BCUT2D eigenvalue weighted by atomic mass is 9.95. The fraction of sp³-hybridized carbons (Fsp3) is 0.500. The predicted molar refractivity (Wildman–Crippen MR) is 79.0 cm³/mol. The van der Waals surface area contributed by atoms with Crippen LogP contribution in [-0.4, -0.2) is 35.1 Å². The molecule has 1 fully saturated rings. The number of β-amino-alcohol motifs (C(OH)–C–C–N with tert-alkyl or cyclic N) is 1. The lowest BCUT2D eigenvalue weighted by Gasteiger charge is -2.34. The number of benzene rings is 1. The Hall–Kier alpha value is -1.07. The Morgan fingerprint density at radius 1 is 1.53 bits per heavy atom. The summed E-state index contributed by atoms with van der Waals surface area (Å²) >= 11 is 3.36. The molecule has 1 aromatic carbocycles. The molecule has 0 aromatic heterocycles. The van der Waals surface area contributed by atoms with Crippen LogP contribution >= 0.6 is 15.9 Å². The number of halogens is 1. The molecule has 5 heteroatoms. The van der Waals surface area contributed by atoms with Gasteiger partial charge in [-0.05, 0) is 37.0 Å². The van der Waals surface area contributed by atoms with E-state index < -0.39 is 6.10 Å². The van der Waals surface area contributed by atoms with E-state index >= 15 is 0 Å². The van der Waals surface area contributed by atoms with Crippen molar-refractivity contribution in [3.05, 3.63) is 27.7 Å². The molecule has 3 N–H and O–H groups in total. The minimum atomic E-state index is -0.442. The maximum atomic E-state index is 12.5. The lowest BCUT2D eigenvalue weighted by Crippen LogP contribution is -2.46. The van der Waals surface area contributed by atoms with Crippen molar-refractivity contribution in [1.29, 1.82) is 0 Å². The smallest absolute Gasteiger partial charge is 0.254 e. The summed E-state index contributed by atoms with van der Waals surface area (Å²) in [5, 5.41) is 9.89. The Bertz CT molecular complexity index is 504. The molecule has 1 aromatic rings. The second-order valence-corrected chi connectivity index (χ2v) is 6.17. The standard InChI is InChI=1S/C14H19BrN2O2/c1-8-3-4-17(7-13(8)18)14(19)11-5-10(15)6-12(16)9(11)2/h5-6,8,13,18H,3-4,7,16H2,1-2H3. The second-order valence-electron chi connectivity index (χ2n) is 5.25. The maximum Gasteiger partial charge on any atom is 0.254 e. The number of anilines is 1. The molecule has 2 atom stereocenters. The van der Waals surface area contributed by atoms with E-state index in [9.17, 15) is 9.90 Å². The van der Waals surface area contributed by atoms with E-state index in [2.05, 4.69) is 15.9 Å². The molecular formula is C14H19BrN2O2. The van der Waals surface area contributed by atoms with Gasteiger partial charge >= 0.3 is 0 Å². The van der Waals surface area contributed by atoms with E-state index in [0.717, 1.165) is 16.5 Å². The molecular weight excluding hydrogens is 308 g/mol. The van der Waals surface area contributed by atoms with Crippen LogP contribution in [0.5, 0.6) is 0 Å². The zero-order chi connectivity index (χ0) is 14.2. The minimum Gasteiger partial charge on any atom is -0.398 e. The third kappa shape index (κ3) is 2.92. The second kappa shape index (κ2) is 5.51. The number of hydrogen-bond donors (Lipinski definition) is 2. The maximum absolute atomic E-state index is 12.5. The number of carbonyl (C=O) groups excluding carboxylic acids is 1. The van der Waals surface area contributed by atoms with Gasteiger partial charge in [0.25, 0.3) is 5.91 Å². The van der Waals surface area contributed by atoms with Gasteiger partial charge in [0.05, 0.1) is 6.10 Å². The molecule has 2 rings (SSSR count). The highest BCUT2D eigenvalue weighted by Gasteiger charge is 2.28. The number of hydrogen-bond acceptors (Lipinski definition) is 3. The third-order valence-electron chi connectivity index (χ3n) is 3.85. The first-order valence-corrected chi connectivity index (χ1v) is 7.22. The first-order chi connectivity index (χ1) is 8.90. The molecule has 0 radical (unpaired) electrons. The minimum absolute atomic E-state index is 0.0588. The first kappa shape index (κ1) is 14.3. The molecule has 0 aliphatic carbocycles. The van der Waals surface area contributed by atoms with Crippen molar-refractivity contribution in [2.24, 2.45) is 5.92 Å². The van der Waals surface area contributed by atoms with Crippen molar-refractivity contribution in [3.63, 3.8) is 0 Å². The Morgan fingerprint density at radius 2 is 2.21 bits per heavy atom. The average Bonchev–Trinajstić information content (AvgIpc) is 2.36. The van der Waals surface area contributed by atoms with Crippen molar-refractivity contribution >= 4 is 27.5 Å². The summed E-state index contributed by atoms with van der Waals surface area (Å²) in [5.41, 5.74) is 7.89. The van der Waals surface area contributed by atoms with Gasteiger partial charge < -0.3 is 15.7 Å². The zero-order valence-electron chi connectivity index (χ0n) is 11.2. The number of nitrogens with zero attached hydrogens (tertiary/aromatic N) is 1. The van der Waals surface area contributed by atoms with Crippen molar-refractivity contribution in [1.82, 2.24) is 4.90 Å². The largest absolute Gasteiger partial charge is 0.398 e. The number of piperidine rings is 1. The molecule has 0 spiro atoms. The summed E-state index contributed by atoms with van der Waals surface area (Å²) in [6.45, 7) is 4.93. The number of nitrogens with two attached hydrogens (primary N) is 1. The van der Waals surface area contributed by atoms with Gasteiger partial charge in [0.15, 0.2) is 0 Å². The number of aliphatic hydroxyl groups is 1. The van der Waals surface area contributed by atoms with Gasteiger partial charge in [0.1, 0.15) is 0 Å². The van der Waals surface area contributed by atoms with Gasteiger partial charge in [0, 0.05) is 28.8 Å². The lowest BCUT2D eigenvalue weighted by molar-refractivity contribution is 0.0248. The Morgan fingerprint density at radius 3 is 2.84 bits per heavy atom. The normalized spacial score (nSPS) is 23.5. The molecule has 0 bridgehead atoms. The summed E-state index contributed by atoms with van der Waals surface area (Å²) in [6.07, 6.45) is 0.387. The van der Waals surface area contributed by atoms with E-state index in [-0.39, 0.29) is 11.8 Å². The van der Waals surface area contributed by atoms with Crippen LogP contribution in [0.15, 0.2) is 16.6 Å². The van der Waals surface area contributed by atoms with Gasteiger partial charge in [-0.2, -0.15) is 0 Å². The van der Waals surface area contributed by atoms with Crippen molar-refractivity contribution in [2.75, 3.05) is 18.8 Å². The van der Waals surface area contributed by atoms with Gasteiger partial charge in [-0.25, -0.2) is 0 Å². The van der Waals surface area contributed by atoms with Crippen LogP contribution in [0.4, 0.5) is 5.69 Å². The summed E-state index contributed by atoms with van der Waals surface area (Å²) in [4.78, 5) is 14.2. The Labute approximate surface area is 121 Å². The van der Waals surface area contributed by atoms with Gasteiger partial charge in [-0.15, -0.1) is 0 Å². The van der Waals surface area contributed by atoms with Crippen molar-refractivity contribution < 1.29 is 9.90 Å². The summed E-state index contributed by atoms with van der Waals surface area (Å²) in [5.74, 6) is 0.189. The van der Waals surface area contributed by atoms with Crippen LogP contribution in [0, 0.1) is 12.8 Å². The van der Waals surface area contributed by atoms with Gasteiger partial charge in [-0.3, -0.25) is 4.79 Å². The third-order valence-corrected chi connectivity index (χ3v) is 4.31. The first-order valence-electron chi connectivity index (χ1n) is 6.43. The molecule has 19 heavy (non-hydrogen) atoms. The van der Waals surface area contributed by atoms with Crippen LogP contribution in [0.1, 0.15) is 29.3 Å². The molecule has 1 saturated heterocycles. The molecule has 2 unspecified atom stereocenters. The summed E-state index contributed by atoms with van der Waals surface area (Å²) < 4.78 is 0.796. The van der Waals surface area contributed by atoms with Crippen molar-refractivity contribution in [2.45, 2.75) is 26.4 Å². The number of amides is 1. The average molecular weight is 327 g/mol. The van der Waals surface area contributed by atoms with E-state index in [1.807, 2.05) is 13.8 Å². The number of nitrogen functional groups attached to an aromatic ring is 1. The fourth-order valence-electron chi connectivity index (χ4n) is 2.33. The van der Waals surface area contributed by atoms with E-state index in [1.54, 1.807) is 17.0 Å². The van der Waals surface area contributed by atoms with E-state index in [0.29, 0.717) is 24.3 Å². The van der Waals surface area contributed by atoms with E-state index in [4.69, 9.17) is 5.73 Å². The van der Waals surface area contributed by atoms with Crippen LogP contribution < -0.4 is 5.73 Å². The molecule has 1 aliphatic heterocycles. The number of aliphatic hydroxyl groups excluding tert-OH is 1. The van der Waals surface area contributed by atoms with Crippen molar-refractivity contribution in [3.8, 4) is 0 Å². The van der Waals surface area contributed by atoms with Crippen LogP contribution in [-0.2, 0) is 0 Å². The molecule has 0 saturated carbocycles. The quantitative estimate of drug-likeness (QED) is 0.777. The number of carbonyl (C=O) groups is 1. The van der Waals surface area contributed by atoms with E-state index in [1.165, 1.54) is 0 Å². The number of rotatable bonds is 1.